The normalized spacial score (nSPS) is 16.1. The third kappa shape index (κ3) is 4.46. The number of aromatic nitrogens is 1. The number of nitrogens with one attached hydrogen (secondary N) is 1. The first-order valence-corrected chi connectivity index (χ1v) is 8.55. The quantitative estimate of drug-likeness (QED) is 0.737. The van der Waals surface area contributed by atoms with Gasteiger partial charge in [0.2, 0.25) is 0 Å². The van der Waals surface area contributed by atoms with E-state index in [1.807, 2.05) is 17.5 Å². The standard InChI is InChI=1S/C15H27N3S/c1-3-18(4-2)15-17-12-14(19-15)11-16-10-9-13-7-5-6-8-13/h12-13,16H,3-11H2,1-2H3. The van der Waals surface area contributed by atoms with Gasteiger partial charge in [0.25, 0.3) is 0 Å². The summed E-state index contributed by atoms with van der Waals surface area (Å²) < 4.78 is 0. The number of rotatable bonds is 8. The molecule has 1 aromatic heterocycles. The molecule has 0 amide bonds. The van der Waals surface area contributed by atoms with Crippen LogP contribution in [0.5, 0.6) is 0 Å². The van der Waals surface area contributed by atoms with Crippen LogP contribution in [0.15, 0.2) is 6.20 Å². The predicted octanol–water partition coefficient (Wildman–Crippen LogP) is 3.66. The number of anilines is 1. The molecule has 1 N–H and O–H groups in total. The lowest BCUT2D eigenvalue weighted by Gasteiger charge is -2.16. The molecular formula is C15H27N3S. The van der Waals surface area contributed by atoms with Crippen molar-refractivity contribution in [3.63, 3.8) is 0 Å². The Labute approximate surface area is 121 Å². The Morgan fingerprint density at radius 2 is 2.05 bits per heavy atom. The van der Waals surface area contributed by atoms with Gasteiger partial charge in [-0.1, -0.05) is 25.7 Å². The van der Waals surface area contributed by atoms with E-state index in [0.29, 0.717) is 0 Å². The van der Waals surface area contributed by atoms with E-state index in [9.17, 15) is 0 Å². The summed E-state index contributed by atoms with van der Waals surface area (Å²) in [7, 11) is 0. The van der Waals surface area contributed by atoms with Crippen molar-refractivity contribution >= 4 is 16.5 Å². The number of hydrogen-bond acceptors (Lipinski definition) is 4. The average Bonchev–Trinajstić information content (AvgIpc) is 3.08. The molecular weight excluding hydrogens is 254 g/mol. The molecule has 19 heavy (non-hydrogen) atoms. The van der Waals surface area contributed by atoms with Gasteiger partial charge in [0.15, 0.2) is 5.13 Å². The lowest BCUT2D eigenvalue weighted by Crippen LogP contribution is -2.21. The highest BCUT2D eigenvalue weighted by Crippen LogP contribution is 2.27. The third-order valence-corrected chi connectivity index (χ3v) is 5.14. The summed E-state index contributed by atoms with van der Waals surface area (Å²) in [4.78, 5) is 8.19. The Kier molecular flexibility index (Phi) is 6.11. The van der Waals surface area contributed by atoms with Gasteiger partial charge in [-0.25, -0.2) is 4.98 Å². The van der Waals surface area contributed by atoms with Gasteiger partial charge >= 0.3 is 0 Å². The predicted molar refractivity (Wildman–Crippen MR) is 84.0 cm³/mol. The zero-order chi connectivity index (χ0) is 13.5. The van der Waals surface area contributed by atoms with E-state index in [1.54, 1.807) is 0 Å². The highest BCUT2D eigenvalue weighted by molar-refractivity contribution is 7.15. The topological polar surface area (TPSA) is 28.2 Å². The van der Waals surface area contributed by atoms with E-state index in [2.05, 4.69) is 29.0 Å². The van der Waals surface area contributed by atoms with E-state index in [0.717, 1.165) is 37.2 Å². The maximum Gasteiger partial charge on any atom is 0.185 e. The maximum atomic E-state index is 4.52. The summed E-state index contributed by atoms with van der Waals surface area (Å²) in [5.41, 5.74) is 0. The molecule has 0 atom stereocenters. The average molecular weight is 281 g/mol. The Hall–Kier alpha value is -0.610. The fraction of sp³-hybridized carbons (Fsp3) is 0.800. The second-order valence-electron chi connectivity index (χ2n) is 5.40. The van der Waals surface area contributed by atoms with E-state index < -0.39 is 0 Å². The molecule has 4 heteroatoms. The van der Waals surface area contributed by atoms with Crippen LogP contribution in [0, 0.1) is 5.92 Å². The molecule has 0 aromatic carbocycles. The zero-order valence-corrected chi connectivity index (χ0v) is 13.1. The summed E-state index contributed by atoms with van der Waals surface area (Å²) >= 11 is 1.83. The smallest absolute Gasteiger partial charge is 0.185 e. The van der Waals surface area contributed by atoms with Crippen LogP contribution in [0.1, 0.15) is 50.8 Å². The maximum absolute atomic E-state index is 4.52. The summed E-state index contributed by atoms with van der Waals surface area (Å²) in [6, 6.07) is 0. The Balaban J connectivity index is 1.68. The largest absolute Gasteiger partial charge is 0.349 e. The van der Waals surface area contributed by atoms with Crippen LogP contribution < -0.4 is 10.2 Å². The molecule has 0 saturated heterocycles. The minimum Gasteiger partial charge on any atom is -0.349 e. The Bertz CT molecular complexity index is 354. The number of nitrogens with zero attached hydrogens (tertiary/aromatic N) is 2. The van der Waals surface area contributed by atoms with E-state index >= 15 is 0 Å². The summed E-state index contributed by atoms with van der Waals surface area (Å²) in [5.74, 6) is 0.986. The van der Waals surface area contributed by atoms with Crippen molar-refractivity contribution in [1.82, 2.24) is 10.3 Å². The van der Waals surface area contributed by atoms with Crippen molar-refractivity contribution in [2.75, 3.05) is 24.5 Å². The van der Waals surface area contributed by atoms with E-state index in [-0.39, 0.29) is 0 Å². The monoisotopic (exact) mass is 281 g/mol. The second kappa shape index (κ2) is 7.85. The lowest BCUT2D eigenvalue weighted by atomic mass is 10.0. The van der Waals surface area contributed by atoms with Gasteiger partial charge in [-0.3, -0.25) is 0 Å². The summed E-state index contributed by atoms with van der Waals surface area (Å²) in [6.07, 6.45) is 9.19. The lowest BCUT2D eigenvalue weighted by molar-refractivity contribution is 0.478. The van der Waals surface area contributed by atoms with Crippen LogP contribution in [0.25, 0.3) is 0 Å². The minimum atomic E-state index is 0.978. The molecule has 0 aliphatic heterocycles. The Morgan fingerprint density at radius 3 is 2.74 bits per heavy atom. The summed E-state index contributed by atoms with van der Waals surface area (Å²) in [6.45, 7) is 8.58. The van der Waals surface area contributed by atoms with Crippen LogP contribution in [0.3, 0.4) is 0 Å². The molecule has 1 aliphatic rings. The first-order chi connectivity index (χ1) is 9.33. The van der Waals surface area contributed by atoms with Crippen molar-refractivity contribution in [2.24, 2.45) is 5.92 Å². The highest BCUT2D eigenvalue weighted by atomic mass is 32.1. The molecule has 1 aliphatic carbocycles. The number of thiazole rings is 1. The van der Waals surface area contributed by atoms with Crippen molar-refractivity contribution in [1.29, 1.82) is 0 Å². The van der Waals surface area contributed by atoms with E-state index in [4.69, 9.17) is 0 Å². The SMILES string of the molecule is CCN(CC)c1ncc(CNCCC2CCCC2)s1. The van der Waals surface area contributed by atoms with Crippen LogP contribution >= 0.6 is 11.3 Å². The van der Waals surface area contributed by atoms with Crippen molar-refractivity contribution in [3.8, 4) is 0 Å². The van der Waals surface area contributed by atoms with Gasteiger partial charge in [-0.2, -0.15) is 0 Å². The van der Waals surface area contributed by atoms with Crippen LogP contribution in [-0.4, -0.2) is 24.6 Å². The summed E-state index contributed by atoms with van der Waals surface area (Å²) in [5, 5.41) is 4.73. The van der Waals surface area contributed by atoms with Gasteiger partial charge in [-0.05, 0) is 32.7 Å². The zero-order valence-electron chi connectivity index (χ0n) is 12.3. The fourth-order valence-electron chi connectivity index (χ4n) is 2.84. The Morgan fingerprint density at radius 1 is 1.32 bits per heavy atom. The molecule has 3 nitrogen and oxygen atoms in total. The van der Waals surface area contributed by atoms with Gasteiger partial charge in [0.05, 0.1) is 0 Å². The molecule has 1 aromatic rings. The first kappa shape index (κ1) is 14.8. The van der Waals surface area contributed by atoms with Crippen molar-refractivity contribution < 1.29 is 0 Å². The van der Waals surface area contributed by atoms with Crippen LogP contribution in [0.2, 0.25) is 0 Å². The van der Waals surface area contributed by atoms with Gasteiger partial charge in [0.1, 0.15) is 0 Å². The molecule has 2 rings (SSSR count). The number of hydrogen-bond donors (Lipinski definition) is 1. The molecule has 0 unspecified atom stereocenters. The molecule has 1 saturated carbocycles. The van der Waals surface area contributed by atoms with E-state index in [1.165, 1.54) is 37.0 Å². The first-order valence-electron chi connectivity index (χ1n) is 7.73. The van der Waals surface area contributed by atoms with Crippen molar-refractivity contribution in [3.05, 3.63) is 11.1 Å². The minimum absolute atomic E-state index is 0.978. The van der Waals surface area contributed by atoms with Gasteiger partial charge in [0, 0.05) is 30.7 Å². The van der Waals surface area contributed by atoms with Crippen molar-refractivity contribution in [2.45, 2.75) is 52.5 Å². The molecule has 0 radical (unpaired) electrons. The van der Waals surface area contributed by atoms with Crippen LogP contribution in [-0.2, 0) is 6.54 Å². The molecule has 1 heterocycles. The third-order valence-electron chi connectivity index (χ3n) is 4.08. The fourth-order valence-corrected chi connectivity index (χ4v) is 3.84. The molecule has 108 valence electrons. The molecule has 1 fully saturated rings. The van der Waals surface area contributed by atoms with Gasteiger partial charge < -0.3 is 10.2 Å². The highest BCUT2D eigenvalue weighted by Gasteiger charge is 2.14. The van der Waals surface area contributed by atoms with Crippen LogP contribution in [0.4, 0.5) is 5.13 Å². The molecule has 0 spiro atoms. The molecule has 0 bridgehead atoms. The second-order valence-corrected chi connectivity index (χ2v) is 6.49. The van der Waals surface area contributed by atoms with Gasteiger partial charge in [-0.15, -0.1) is 11.3 Å².